The molecule has 0 aliphatic carbocycles. The third-order valence-electron chi connectivity index (χ3n) is 8.06. The number of para-hydroxylation sites is 4. The lowest BCUT2D eigenvalue weighted by Crippen LogP contribution is -2.71. The van der Waals surface area contributed by atoms with Gasteiger partial charge >= 0.3 is 65.0 Å². The summed E-state index contributed by atoms with van der Waals surface area (Å²) in [4.78, 5) is 107. The smallest absolute Gasteiger partial charge is 0.436 e. The second-order valence-electron chi connectivity index (χ2n) is 11.2. The van der Waals surface area contributed by atoms with Gasteiger partial charge in [0.15, 0.2) is 23.0 Å². The van der Waals surface area contributed by atoms with E-state index in [1.54, 1.807) is 0 Å². The highest BCUT2D eigenvalue weighted by atomic mass is 19.4. The molecule has 1 atom stereocenters. The first kappa shape index (κ1) is 38.9. The van der Waals surface area contributed by atoms with E-state index >= 15 is 4.39 Å². The minimum atomic E-state index is -7.04. The minimum absolute atomic E-state index is 0.328. The molecule has 0 N–H and O–H groups in total. The number of rotatable bonds is 11. The van der Waals surface area contributed by atoms with Crippen LogP contribution in [-0.4, -0.2) is 59.6 Å². The van der Waals surface area contributed by atoms with Crippen LogP contribution in [0.5, 0.6) is 34.5 Å². The van der Waals surface area contributed by atoms with Gasteiger partial charge in [0.1, 0.15) is 22.6 Å². The second-order valence-corrected chi connectivity index (χ2v) is 11.2. The molecule has 0 fully saturated rings. The highest BCUT2D eigenvalue weighted by molar-refractivity contribution is 6.23. The molecule has 6 rings (SSSR count). The Kier molecular flexibility index (Phi) is 9.88. The normalized spacial score (nSPS) is 14.3. The molecular formula is C35H14F6O16. The van der Waals surface area contributed by atoms with Gasteiger partial charge in [-0.05, 0) is 48.5 Å². The third kappa shape index (κ3) is 6.27. The highest BCUT2D eigenvalue weighted by Crippen LogP contribution is 2.52. The largest absolute Gasteiger partial charge is 0.453 e. The molecule has 0 radical (unpaired) electrons. The van der Waals surface area contributed by atoms with Crippen LogP contribution in [0.2, 0.25) is 0 Å². The zero-order valence-corrected chi connectivity index (χ0v) is 27.4. The lowest BCUT2D eigenvalue weighted by Gasteiger charge is -2.36. The summed E-state index contributed by atoms with van der Waals surface area (Å²) in [6, 6.07) is 13.8. The Morgan fingerprint density at radius 1 is 0.456 bits per heavy atom. The summed E-state index contributed by atoms with van der Waals surface area (Å²) in [6.07, 6.45) is -7.04. The molecule has 0 saturated heterocycles. The molecule has 292 valence electrons. The van der Waals surface area contributed by atoms with E-state index in [0.29, 0.717) is 12.1 Å². The molecule has 4 aromatic carbocycles. The fraction of sp³-hybridized carbons (Fsp3) is 0.0857. The van der Waals surface area contributed by atoms with E-state index in [9.17, 15) is 60.6 Å². The van der Waals surface area contributed by atoms with Gasteiger partial charge in [-0.25, -0.2) is 42.7 Å². The molecular weight excluding hydrogens is 790 g/mol. The van der Waals surface area contributed by atoms with Gasteiger partial charge in [-0.3, -0.25) is 9.88 Å². The van der Waals surface area contributed by atoms with Gasteiger partial charge < -0.3 is 28.4 Å². The van der Waals surface area contributed by atoms with Crippen molar-refractivity contribution in [3.63, 3.8) is 0 Å². The van der Waals surface area contributed by atoms with Gasteiger partial charge in [0.2, 0.25) is 0 Å². The van der Waals surface area contributed by atoms with Crippen LogP contribution in [-0.2, 0) is 38.5 Å². The average molecular weight is 804 g/mol. The summed E-state index contributed by atoms with van der Waals surface area (Å²) in [5.74, 6) is -23.6. The lowest BCUT2D eigenvalue weighted by atomic mass is 9.71. The van der Waals surface area contributed by atoms with Crippen molar-refractivity contribution in [1.29, 1.82) is 0 Å². The Hall–Kier alpha value is -7.78. The van der Waals surface area contributed by atoms with Crippen molar-refractivity contribution in [2.45, 2.75) is 11.8 Å². The van der Waals surface area contributed by atoms with Crippen molar-refractivity contribution in [2.75, 3.05) is 0 Å². The number of alkyl halides is 4. The van der Waals surface area contributed by atoms with E-state index < -0.39 is 111 Å². The third-order valence-corrected chi connectivity index (χ3v) is 8.06. The molecule has 0 spiro atoms. The van der Waals surface area contributed by atoms with Crippen molar-refractivity contribution >= 4 is 47.8 Å². The number of hydrogen-bond donors (Lipinski definition) is 0. The van der Waals surface area contributed by atoms with Crippen LogP contribution in [0.25, 0.3) is 0 Å². The number of benzene rings is 4. The predicted molar refractivity (Wildman–Crippen MR) is 163 cm³/mol. The van der Waals surface area contributed by atoms with Gasteiger partial charge in [0, 0.05) is 9.05 Å². The van der Waals surface area contributed by atoms with Crippen LogP contribution in [0.3, 0.4) is 0 Å². The second kappa shape index (κ2) is 14.5. The van der Waals surface area contributed by atoms with Crippen molar-refractivity contribution in [2.24, 2.45) is 5.41 Å². The van der Waals surface area contributed by atoms with E-state index in [1.165, 1.54) is 6.07 Å². The highest BCUT2D eigenvalue weighted by Gasteiger charge is 2.87. The van der Waals surface area contributed by atoms with Crippen LogP contribution in [0.1, 0.15) is 41.4 Å². The summed E-state index contributed by atoms with van der Waals surface area (Å²) in [5, 5.41) is 0. The standard InChI is InChI=1S/C35H14F6O16/c36-34(35(37,38)39,32(49)53-20-12-4-2-10-18(20)51-22-14-6-8-16-24(22)28(45)55-26(16)43)33(30(47)56-40,31(48)57-41)29(46)52-19-11-3-1-9-17(19)50-21-13-5-7-15-23(21)27(44)54-25(15)42/h1-14H. The predicted octanol–water partition coefficient (Wildman–Crippen LogP) is 5.52. The molecule has 0 aromatic heterocycles. The summed E-state index contributed by atoms with van der Waals surface area (Å²) in [6.45, 7) is 0. The van der Waals surface area contributed by atoms with Gasteiger partial charge in [-0.2, -0.15) is 13.2 Å². The summed E-state index contributed by atoms with van der Waals surface area (Å²) >= 11 is 0. The molecule has 0 bridgehead atoms. The number of carbonyl (C=O) groups excluding carboxylic acids is 8. The first-order valence-electron chi connectivity index (χ1n) is 15.2. The van der Waals surface area contributed by atoms with Crippen molar-refractivity contribution in [1.82, 2.24) is 0 Å². The first-order chi connectivity index (χ1) is 27.0. The number of ether oxygens (including phenoxy) is 6. The number of halogens is 6. The maximum Gasteiger partial charge on any atom is 0.436 e. The molecule has 0 saturated carbocycles. The molecule has 1 unspecified atom stereocenters. The molecule has 57 heavy (non-hydrogen) atoms. The van der Waals surface area contributed by atoms with E-state index in [-0.39, 0.29) is 11.1 Å². The van der Waals surface area contributed by atoms with E-state index in [4.69, 9.17) is 9.47 Å². The van der Waals surface area contributed by atoms with Crippen molar-refractivity contribution in [3.05, 3.63) is 107 Å². The van der Waals surface area contributed by atoms with E-state index in [0.717, 1.165) is 66.7 Å². The molecule has 16 nitrogen and oxygen atoms in total. The van der Waals surface area contributed by atoms with Crippen LogP contribution in [0.15, 0.2) is 84.9 Å². The Balaban J connectivity index is 1.42. The Morgan fingerprint density at radius 2 is 0.825 bits per heavy atom. The monoisotopic (exact) mass is 804 g/mol. The van der Waals surface area contributed by atoms with Crippen LogP contribution in [0.4, 0.5) is 26.6 Å². The summed E-state index contributed by atoms with van der Waals surface area (Å²) in [7, 11) is 0. The number of cyclic esters (lactones) is 4. The molecule has 2 aliphatic heterocycles. The summed E-state index contributed by atoms with van der Waals surface area (Å²) < 4.78 is 118. The van der Waals surface area contributed by atoms with Gasteiger partial charge in [0.05, 0.1) is 11.1 Å². The number of carbonyl (C=O) groups is 8. The molecule has 0 amide bonds. The Bertz CT molecular complexity index is 2410. The van der Waals surface area contributed by atoms with Crippen molar-refractivity contribution < 1.29 is 103 Å². The van der Waals surface area contributed by atoms with Crippen LogP contribution in [0, 0.1) is 5.41 Å². The number of hydrogen-bond acceptors (Lipinski definition) is 16. The maximum absolute atomic E-state index is 16.9. The van der Waals surface area contributed by atoms with E-state index in [2.05, 4.69) is 28.8 Å². The average Bonchev–Trinajstić information content (AvgIpc) is 3.65. The maximum atomic E-state index is 16.9. The Morgan fingerprint density at radius 3 is 1.21 bits per heavy atom. The number of esters is 6. The van der Waals surface area contributed by atoms with E-state index in [1.807, 2.05) is 0 Å². The van der Waals surface area contributed by atoms with Gasteiger partial charge in [-0.1, -0.05) is 36.4 Å². The fourth-order valence-corrected chi connectivity index (χ4v) is 5.46. The lowest BCUT2D eigenvalue weighted by molar-refractivity contribution is -0.282. The molecule has 2 heterocycles. The summed E-state index contributed by atoms with van der Waals surface area (Å²) in [5.41, 5.74) is -14.0. The first-order valence-corrected chi connectivity index (χ1v) is 15.2. The molecule has 2 aliphatic rings. The quantitative estimate of drug-likeness (QED) is 0.0791. The zero-order chi connectivity index (χ0) is 41.4. The molecule has 22 heteroatoms. The fourth-order valence-electron chi connectivity index (χ4n) is 5.46. The van der Waals surface area contributed by atoms with Gasteiger partial charge in [0.25, 0.3) is 0 Å². The molecule has 4 aromatic rings. The van der Waals surface area contributed by atoms with Crippen LogP contribution >= 0.6 is 0 Å². The van der Waals surface area contributed by atoms with Crippen LogP contribution < -0.4 is 18.9 Å². The Labute approximate surface area is 310 Å². The van der Waals surface area contributed by atoms with Gasteiger partial charge in [-0.15, -0.1) is 0 Å². The zero-order valence-electron chi connectivity index (χ0n) is 27.4. The topological polar surface area (TPSA) is 210 Å². The number of fused-ring (bicyclic) bond motifs is 2. The van der Waals surface area contributed by atoms with Crippen molar-refractivity contribution in [3.8, 4) is 34.5 Å². The minimum Gasteiger partial charge on any atom is -0.453 e. The SMILES string of the molecule is O=C1OC(=O)c2c(Oc3ccccc3OC(=O)C(C(=O)OF)(C(=O)OF)C(F)(C(=O)Oc3ccccc3Oc3cccc4c3C(=O)OC4=O)C(F)(F)F)cccc21.